The Morgan fingerprint density at radius 1 is 0.960 bits per heavy atom. The van der Waals surface area contributed by atoms with E-state index in [1.165, 1.54) is 59.0 Å². The molecular formula is C22H25N3. The highest BCUT2D eigenvalue weighted by molar-refractivity contribution is 5.78. The van der Waals surface area contributed by atoms with Gasteiger partial charge >= 0.3 is 0 Å². The standard InChI is InChI=1S/C22H25N3/c1-15(16-6-7-20-13-23-9-8-19(20)10-16)25-14-24-21-11-17-4-2-3-5-18(17)12-22(21)25/h6-7,10-12,14-15,23H,2-5,8-9,13H2,1H3/t15-/m0/s1. The van der Waals surface area contributed by atoms with Gasteiger partial charge in [-0.2, -0.15) is 0 Å². The molecule has 2 aliphatic rings. The van der Waals surface area contributed by atoms with Gasteiger partial charge in [0, 0.05) is 6.54 Å². The van der Waals surface area contributed by atoms with Crippen LogP contribution in [-0.4, -0.2) is 16.1 Å². The average Bonchev–Trinajstić information content (AvgIpc) is 3.08. The molecule has 0 amide bonds. The molecule has 0 radical (unpaired) electrons. The van der Waals surface area contributed by atoms with Gasteiger partial charge in [0.25, 0.3) is 0 Å². The molecule has 0 saturated heterocycles. The quantitative estimate of drug-likeness (QED) is 0.764. The lowest BCUT2D eigenvalue weighted by atomic mass is 9.91. The van der Waals surface area contributed by atoms with Gasteiger partial charge in [0.05, 0.1) is 23.4 Å². The van der Waals surface area contributed by atoms with E-state index in [0.29, 0.717) is 6.04 Å². The molecule has 2 heterocycles. The Morgan fingerprint density at radius 3 is 2.64 bits per heavy atom. The molecule has 0 bridgehead atoms. The number of fused-ring (bicyclic) bond motifs is 3. The third kappa shape index (κ3) is 2.58. The van der Waals surface area contributed by atoms with E-state index in [9.17, 15) is 0 Å². The van der Waals surface area contributed by atoms with Crippen molar-refractivity contribution in [3.05, 3.63) is 64.5 Å². The Kier molecular flexibility index (Phi) is 3.63. The lowest BCUT2D eigenvalue weighted by molar-refractivity contribution is 0.630. The van der Waals surface area contributed by atoms with Gasteiger partial charge in [0.15, 0.2) is 0 Å². The molecule has 3 aromatic rings. The molecule has 5 rings (SSSR count). The van der Waals surface area contributed by atoms with Gasteiger partial charge in [-0.1, -0.05) is 18.2 Å². The summed E-state index contributed by atoms with van der Waals surface area (Å²) < 4.78 is 2.35. The summed E-state index contributed by atoms with van der Waals surface area (Å²) >= 11 is 0. The van der Waals surface area contributed by atoms with E-state index in [1.54, 1.807) is 0 Å². The number of benzene rings is 2. The second-order valence-corrected chi connectivity index (χ2v) is 7.60. The number of hydrogen-bond donors (Lipinski definition) is 1. The number of aryl methyl sites for hydroxylation is 2. The minimum atomic E-state index is 0.312. The maximum absolute atomic E-state index is 4.71. The summed E-state index contributed by atoms with van der Waals surface area (Å²) in [4.78, 5) is 4.71. The Morgan fingerprint density at radius 2 is 1.76 bits per heavy atom. The summed E-state index contributed by atoms with van der Waals surface area (Å²) in [6, 6.07) is 12.0. The van der Waals surface area contributed by atoms with Crippen LogP contribution in [0.5, 0.6) is 0 Å². The first-order chi connectivity index (χ1) is 12.3. The summed E-state index contributed by atoms with van der Waals surface area (Å²) in [5.41, 5.74) is 9.82. The SMILES string of the molecule is C[C@@H](c1ccc2c(c1)CCNC2)n1cnc2cc3c(cc21)CCCC3. The van der Waals surface area contributed by atoms with E-state index in [1.807, 2.05) is 6.33 Å². The molecule has 25 heavy (non-hydrogen) atoms. The van der Waals surface area contributed by atoms with Crippen LogP contribution in [0.3, 0.4) is 0 Å². The van der Waals surface area contributed by atoms with E-state index in [0.717, 1.165) is 25.0 Å². The molecule has 1 aliphatic heterocycles. The molecule has 1 atom stereocenters. The maximum Gasteiger partial charge on any atom is 0.0964 e. The smallest absolute Gasteiger partial charge is 0.0964 e. The highest BCUT2D eigenvalue weighted by atomic mass is 15.1. The first-order valence-electron chi connectivity index (χ1n) is 9.60. The summed E-state index contributed by atoms with van der Waals surface area (Å²) in [6.45, 7) is 4.39. The fourth-order valence-electron chi connectivity index (χ4n) is 4.48. The van der Waals surface area contributed by atoms with Crippen LogP contribution in [-0.2, 0) is 25.8 Å². The molecular weight excluding hydrogens is 306 g/mol. The number of imidazole rings is 1. The molecule has 0 saturated carbocycles. The maximum atomic E-state index is 4.71. The minimum Gasteiger partial charge on any atom is -0.323 e. The Hall–Kier alpha value is -2.13. The van der Waals surface area contributed by atoms with Crippen molar-refractivity contribution in [1.29, 1.82) is 0 Å². The van der Waals surface area contributed by atoms with E-state index in [4.69, 9.17) is 4.98 Å². The van der Waals surface area contributed by atoms with Crippen LogP contribution in [0.4, 0.5) is 0 Å². The fourth-order valence-corrected chi connectivity index (χ4v) is 4.48. The van der Waals surface area contributed by atoms with Crippen LogP contribution in [0.2, 0.25) is 0 Å². The summed E-state index contributed by atoms with van der Waals surface area (Å²) in [5.74, 6) is 0. The van der Waals surface area contributed by atoms with E-state index in [-0.39, 0.29) is 0 Å². The van der Waals surface area contributed by atoms with Crippen molar-refractivity contribution < 1.29 is 0 Å². The second-order valence-electron chi connectivity index (χ2n) is 7.60. The van der Waals surface area contributed by atoms with Crippen molar-refractivity contribution >= 4 is 11.0 Å². The van der Waals surface area contributed by atoms with Gasteiger partial charge in [-0.05, 0) is 85.5 Å². The van der Waals surface area contributed by atoms with Gasteiger partial charge in [-0.15, -0.1) is 0 Å². The third-order valence-corrected chi connectivity index (χ3v) is 6.05. The average molecular weight is 331 g/mol. The largest absolute Gasteiger partial charge is 0.323 e. The summed E-state index contributed by atoms with van der Waals surface area (Å²) in [7, 11) is 0. The van der Waals surface area contributed by atoms with Crippen LogP contribution in [0.15, 0.2) is 36.7 Å². The van der Waals surface area contributed by atoms with Gasteiger partial charge in [-0.25, -0.2) is 4.98 Å². The molecule has 1 aromatic heterocycles. The number of rotatable bonds is 2. The summed E-state index contributed by atoms with van der Waals surface area (Å²) in [5, 5.41) is 3.46. The third-order valence-electron chi connectivity index (χ3n) is 6.05. The first-order valence-corrected chi connectivity index (χ1v) is 9.60. The van der Waals surface area contributed by atoms with E-state index >= 15 is 0 Å². The molecule has 0 fully saturated rings. The normalized spacial score (nSPS) is 18.0. The predicted molar refractivity (Wildman–Crippen MR) is 102 cm³/mol. The fraction of sp³-hybridized carbons (Fsp3) is 0.409. The van der Waals surface area contributed by atoms with Crippen LogP contribution in [0, 0.1) is 0 Å². The monoisotopic (exact) mass is 331 g/mol. The van der Waals surface area contributed by atoms with Crippen molar-refractivity contribution in [2.75, 3.05) is 6.54 Å². The van der Waals surface area contributed by atoms with Gasteiger partial charge in [0.1, 0.15) is 0 Å². The van der Waals surface area contributed by atoms with Gasteiger partial charge in [0.2, 0.25) is 0 Å². The van der Waals surface area contributed by atoms with Crippen LogP contribution < -0.4 is 5.32 Å². The summed E-state index contributed by atoms with van der Waals surface area (Å²) in [6.07, 6.45) is 8.24. The minimum absolute atomic E-state index is 0.312. The van der Waals surface area contributed by atoms with Gasteiger partial charge < -0.3 is 9.88 Å². The van der Waals surface area contributed by atoms with Crippen molar-refractivity contribution in [3.8, 4) is 0 Å². The molecule has 3 nitrogen and oxygen atoms in total. The molecule has 1 aliphatic carbocycles. The zero-order valence-electron chi connectivity index (χ0n) is 14.9. The Labute approximate surface area is 149 Å². The Balaban J connectivity index is 1.56. The van der Waals surface area contributed by atoms with Crippen molar-refractivity contribution in [3.63, 3.8) is 0 Å². The highest BCUT2D eigenvalue weighted by Crippen LogP contribution is 2.30. The van der Waals surface area contributed by atoms with Crippen LogP contribution in [0.1, 0.15) is 53.6 Å². The zero-order valence-corrected chi connectivity index (χ0v) is 14.9. The molecule has 2 aromatic carbocycles. The highest BCUT2D eigenvalue weighted by Gasteiger charge is 2.17. The molecule has 3 heteroatoms. The topological polar surface area (TPSA) is 29.9 Å². The lowest BCUT2D eigenvalue weighted by Crippen LogP contribution is -2.23. The number of aromatic nitrogens is 2. The van der Waals surface area contributed by atoms with Gasteiger partial charge in [-0.3, -0.25) is 0 Å². The number of nitrogens with zero attached hydrogens (tertiary/aromatic N) is 2. The lowest BCUT2D eigenvalue weighted by Gasteiger charge is -2.21. The number of nitrogens with one attached hydrogen (secondary N) is 1. The Bertz CT molecular complexity index is 938. The zero-order chi connectivity index (χ0) is 16.8. The first kappa shape index (κ1) is 15.2. The van der Waals surface area contributed by atoms with Crippen LogP contribution in [0.25, 0.3) is 11.0 Å². The molecule has 1 N–H and O–H groups in total. The van der Waals surface area contributed by atoms with Crippen molar-refractivity contribution in [1.82, 2.24) is 14.9 Å². The molecule has 128 valence electrons. The van der Waals surface area contributed by atoms with E-state index in [2.05, 4.69) is 47.1 Å². The number of hydrogen-bond acceptors (Lipinski definition) is 2. The molecule has 0 spiro atoms. The van der Waals surface area contributed by atoms with Crippen molar-refractivity contribution in [2.45, 2.75) is 51.6 Å². The van der Waals surface area contributed by atoms with Crippen LogP contribution >= 0.6 is 0 Å². The van der Waals surface area contributed by atoms with E-state index < -0.39 is 0 Å². The predicted octanol–water partition coefficient (Wildman–Crippen LogP) is 4.17. The van der Waals surface area contributed by atoms with Crippen molar-refractivity contribution in [2.24, 2.45) is 0 Å². The molecule has 0 unspecified atom stereocenters. The second kappa shape index (κ2) is 5.99.